The van der Waals surface area contributed by atoms with Crippen LogP contribution in [0, 0.1) is 5.92 Å². The molecule has 2 aliphatic heterocycles. The molecule has 0 aliphatic carbocycles. The smallest absolute Gasteiger partial charge is 0.328 e. The molecule has 0 saturated carbocycles. The predicted octanol–water partition coefficient (Wildman–Crippen LogP) is 7.86. The second-order valence-corrected chi connectivity index (χ2v) is 16.0. The first-order valence-electron chi connectivity index (χ1n) is 20.2. The molecule has 0 aromatic heterocycles. The normalized spacial score (nSPS) is 21.0. The van der Waals surface area contributed by atoms with Crippen LogP contribution in [0.5, 0.6) is 0 Å². The lowest BCUT2D eigenvalue weighted by Crippen LogP contribution is -2.49. The minimum atomic E-state index is -0.904. The molecule has 2 fully saturated rings. The molecule has 10 nitrogen and oxygen atoms in total. The molecule has 2 saturated heterocycles. The molecule has 4 N–H and O–H groups in total. The number of carbonyl (C=O) groups is 2. The Morgan fingerprint density at radius 3 is 2.20 bits per heavy atom. The van der Waals surface area contributed by atoms with Gasteiger partial charge in [0.25, 0.3) is 0 Å². The lowest BCUT2D eigenvalue weighted by atomic mass is 9.84. The number of carbonyl (C=O) groups excluding carboxylic acids is 2. The number of hydrogen-bond donors (Lipinski definition) is 4. The molecule has 2 heterocycles. The summed E-state index contributed by atoms with van der Waals surface area (Å²) in [6, 6.07) is 39.6. The summed E-state index contributed by atoms with van der Waals surface area (Å²) in [5.74, 6) is -0.507. The number of esters is 1. The molecule has 0 radical (unpaired) electrons. The van der Waals surface area contributed by atoms with Gasteiger partial charge in [-0.1, -0.05) is 122 Å². The summed E-state index contributed by atoms with van der Waals surface area (Å²) >= 11 is 6.13. The van der Waals surface area contributed by atoms with E-state index in [1.54, 1.807) is 0 Å². The van der Waals surface area contributed by atoms with Gasteiger partial charge in [0.05, 0.1) is 31.5 Å². The quantitative estimate of drug-likeness (QED) is 0.0885. The molecular formula is C48H52ClN3O7. The number of likely N-dealkylation sites (tertiary alicyclic amines) is 1. The number of nitrogens with zero attached hydrogens (tertiary/aromatic N) is 1. The van der Waals surface area contributed by atoms with Gasteiger partial charge in [0.15, 0.2) is 6.29 Å². The van der Waals surface area contributed by atoms with Gasteiger partial charge >= 0.3 is 12.0 Å². The summed E-state index contributed by atoms with van der Waals surface area (Å²) in [5, 5.41) is 27.6. The first kappa shape index (κ1) is 42.1. The minimum absolute atomic E-state index is 0.00843. The summed E-state index contributed by atoms with van der Waals surface area (Å²) in [7, 11) is 1.31. The van der Waals surface area contributed by atoms with Crippen LogP contribution in [0.4, 0.5) is 4.79 Å². The van der Waals surface area contributed by atoms with Crippen molar-refractivity contribution in [1.82, 2.24) is 15.5 Å². The highest BCUT2D eigenvalue weighted by atomic mass is 35.5. The van der Waals surface area contributed by atoms with Crippen molar-refractivity contribution in [2.75, 3.05) is 26.7 Å². The van der Waals surface area contributed by atoms with Crippen LogP contribution in [-0.4, -0.2) is 66.0 Å². The number of ether oxygens (including phenoxy) is 3. The van der Waals surface area contributed by atoms with Crippen LogP contribution in [0.3, 0.4) is 0 Å². The Morgan fingerprint density at radius 2 is 1.51 bits per heavy atom. The fraction of sp³-hybridized carbons (Fsp3) is 0.333. The third-order valence-corrected chi connectivity index (χ3v) is 11.8. The van der Waals surface area contributed by atoms with Gasteiger partial charge in [-0.15, -0.1) is 0 Å². The van der Waals surface area contributed by atoms with E-state index < -0.39 is 29.9 Å². The van der Waals surface area contributed by atoms with Gasteiger partial charge in [0.1, 0.15) is 6.04 Å². The highest BCUT2D eigenvalue weighted by Crippen LogP contribution is 2.43. The van der Waals surface area contributed by atoms with Crippen molar-refractivity contribution in [1.29, 1.82) is 0 Å². The maximum absolute atomic E-state index is 13.0. The topological polar surface area (TPSA) is 130 Å². The van der Waals surface area contributed by atoms with Crippen molar-refractivity contribution >= 4 is 23.6 Å². The highest BCUT2D eigenvalue weighted by Gasteiger charge is 2.41. The minimum Gasteiger partial charge on any atom is -0.467 e. The van der Waals surface area contributed by atoms with Crippen molar-refractivity contribution in [2.45, 2.75) is 69.5 Å². The number of nitrogens with one attached hydrogen (secondary N) is 2. The van der Waals surface area contributed by atoms with E-state index in [0.29, 0.717) is 30.8 Å². The largest absolute Gasteiger partial charge is 0.467 e. The standard InChI is InChI=1S/C48H52ClN3O7/c1-32-43(30-52-24-22-48(56,23-25-52)40-18-20-41(49)21-19-40)58-46(59-44(32)36-16-14-34(31-53)15-17-36)39-13-7-12-38(28-39)37-11-6-10-35(26-37)29-50-47(55)51-42(45(54)57-2)27-33-8-4-3-5-9-33/h3-21,26,28,32,42-44,46,53,56H,22-25,27,29-31H2,1-2H3,(H2,50,51,55). The Hall–Kier alpha value is -5.07. The second-order valence-electron chi connectivity index (χ2n) is 15.6. The van der Waals surface area contributed by atoms with E-state index in [1.165, 1.54) is 7.11 Å². The third-order valence-electron chi connectivity index (χ3n) is 11.6. The first-order valence-corrected chi connectivity index (χ1v) is 20.6. The van der Waals surface area contributed by atoms with Crippen LogP contribution in [0.1, 0.15) is 65.5 Å². The molecule has 2 aliphatic rings. The molecule has 5 aromatic rings. The van der Waals surface area contributed by atoms with Gasteiger partial charge in [0, 0.05) is 49.1 Å². The van der Waals surface area contributed by atoms with Crippen LogP contribution in [0.15, 0.2) is 127 Å². The molecule has 7 rings (SSSR count). The molecule has 59 heavy (non-hydrogen) atoms. The number of hydrogen-bond acceptors (Lipinski definition) is 8. The van der Waals surface area contributed by atoms with Crippen LogP contribution < -0.4 is 10.6 Å². The number of aliphatic hydroxyl groups excluding tert-OH is 1. The zero-order valence-corrected chi connectivity index (χ0v) is 34.2. The van der Waals surface area contributed by atoms with E-state index in [2.05, 4.69) is 28.5 Å². The Balaban J connectivity index is 1.04. The Labute approximate surface area is 351 Å². The van der Waals surface area contributed by atoms with Gasteiger partial charge in [-0.05, 0) is 76.1 Å². The number of benzene rings is 5. The highest BCUT2D eigenvalue weighted by molar-refractivity contribution is 6.30. The molecule has 11 heteroatoms. The average molecular weight is 818 g/mol. The molecule has 2 amide bonds. The molecule has 308 valence electrons. The molecule has 5 atom stereocenters. The van der Waals surface area contributed by atoms with Gasteiger partial charge < -0.3 is 40.0 Å². The fourth-order valence-corrected chi connectivity index (χ4v) is 8.17. The Kier molecular flexibility index (Phi) is 13.8. The van der Waals surface area contributed by atoms with Crippen molar-refractivity contribution in [3.8, 4) is 11.1 Å². The number of rotatable bonds is 13. The maximum Gasteiger partial charge on any atom is 0.328 e. The van der Waals surface area contributed by atoms with Crippen molar-refractivity contribution in [3.63, 3.8) is 0 Å². The van der Waals surface area contributed by atoms with E-state index in [-0.39, 0.29) is 31.3 Å². The van der Waals surface area contributed by atoms with Gasteiger partial charge in [-0.3, -0.25) is 0 Å². The number of methoxy groups -OCH3 is 1. The molecule has 5 unspecified atom stereocenters. The molecule has 5 aromatic carbocycles. The molecular weight excluding hydrogens is 766 g/mol. The van der Waals surface area contributed by atoms with E-state index in [0.717, 1.165) is 57.6 Å². The second kappa shape index (κ2) is 19.3. The van der Waals surface area contributed by atoms with Gasteiger partial charge in [-0.2, -0.15) is 0 Å². The van der Waals surface area contributed by atoms with E-state index >= 15 is 0 Å². The summed E-state index contributed by atoms with van der Waals surface area (Å²) in [5.41, 5.74) is 6.43. The van der Waals surface area contributed by atoms with Crippen LogP contribution in [0.25, 0.3) is 11.1 Å². The monoisotopic (exact) mass is 817 g/mol. The van der Waals surface area contributed by atoms with Crippen molar-refractivity contribution in [2.24, 2.45) is 5.92 Å². The zero-order valence-electron chi connectivity index (χ0n) is 33.4. The van der Waals surface area contributed by atoms with Crippen molar-refractivity contribution in [3.05, 3.63) is 166 Å². The third kappa shape index (κ3) is 10.6. The van der Waals surface area contributed by atoms with E-state index in [1.807, 2.05) is 121 Å². The number of aliphatic hydroxyl groups is 2. The number of amides is 2. The fourth-order valence-electron chi connectivity index (χ4n) is 8.04. The number of piperidine rings is 1. The zero-order chi connectivity index (χ0) is 41.4. The predicted molar refractivity (Wildman–Crippen MR) is 227 cm³/mol. The molecule has 0 spiro atoms. The lowest BCUT2D eigenvalue weighted by Gasteiger charge is -2.45. The SMILES string of the molecule is COC(=O)C(Cc1ccccc1)NC(=O)NCc1cccc(-c2cccc(C3OC(CN4CCC(O)(c5ccc(Cl)cc5)CC4)C(C)C(c4ccc(CO)cc4)O3)c2)c1. The average Bonchev–Trinajstić information content (AvgIpc) is 3.27. The van der Waals surface area contributed by atoms with Crippen molar-refractivity contribution < 1.29 is 34.0 Å². The van der Waals surface area contributed by atoms with Gasteiger partial charge in [-0.25, -0.2) is 9.59 Å². The van der Waals surface area contributed by atoms with Gasteiger partial charge in [0.2, 0.25) is 0 Å². The first-order chi connectivity index (χ1) is 28.6. The summed E-state index contributed by atoms with van der Waals surface area (Å²) in [6.45, 7) is 4.49. The number of urea groups is 1. The molecule has 0 bridgehead atoms. The van der Waals surface area contributed by atoms with E-state index in [9.17, 15) is 19.8 Å². The Morgan fingerprint density at radius 1 is 0.831 bits per heavy atom. The van der Waals surface area contributed by atoms with Crippen LogP contribution >= 0.6 is 11.6 Å². The maximum atomic E-state index is 13.0. The summed E-state index contributed by atoms with van der Waals surface area (Å²) in [6.07, 6.45) is 0.426. The van der Waals surface area contributed by atoms with Crippen LogP contribution in [-0.2, 0) is 44.2 Å². The van der Waals surface area contributed by atoms with E-state index in [4.69, 9.17) is 25.8 Å². The summed E-state index contributed by atoms with van der Waals surface area (Å²) < 4.78 is 18.6. The number of halogens is 1. The summed E-state index contributed by atoms with van der Waals surface area (Å²) in [4.78, 5) is 27.8. The van der Waals surface area contributed by atoms with Crippen LogP contribution in [0.2, 0.25) is 5.02 Å². The lowest BCUT2D eigenvalue weighted by molar-refractivity contribution is -0.277. The Bertz CT molecular complexity index is 2160.